The van der Waals surface area contributed by atoms with Crippen molar-refractivity contribution in [3.8, 4) is 16.9 Å². The Balaban J connectivity index is 1.56. The number of benzene rings is 4. The van der Waals surface area contributed by atoms with E-state index in [2.05, 4.69) is 4.98 Å². The molecule has 7 nitrogen and oxygen atoms in total. The van der Waals surface area contributed by atoms with Crippen LogP contribution in [0.1, 0.15) is 35.3 Å². The van der Waals surface area contributed by atoms with Gasteiger partial charge in [-0.25, -0.2) is 5.01 Å². The molecule has 0 spiro atoms. The van der Waals surface area contributed by atoms with Crippen LogP contribution >= 0.6 is 11.6 Å². The second-order valence-corrected chi connectivity index (χ2v) is 10.4. The Kier molecular flexibility index (Phi) is 7.61. The SMILES string of the molecule is COc1ccccc1C1CC(c2c(-c3ccc(Cl)cc3)c3ccccc3[nH]c2=O)=NN1C(=O)C(OC)c1ccccc1. The molecule has 42 heavy (non-hydrogen) atoms. The zero-order valence-corrected chi connectivity index (χ0v) is 23.8. The molecule has 0 saturated carbocycles. The molecule has 8 heteroatoms. The number of H-pyrrole nitrogens is 1. The molecule has 4 aromatic carbocycles. The van der Waals surface area contributed by atoms with Crippen LogP contribution in [0.2, 0.25) is 5.02 Å². The molecule has 210 valence electrons. The first-order valence-corrected chi connectivity index (χ1v) is 13.9. The van der Waals surface area contributed by atoms with E-state index in [1.807, 2.05) is 91.0 Å². The number of hydrogen-bond donors (Lipinski definition) is 1. The molecular weight excluding hydrogens is 550 g/mol. The number of rotatable bonds is 7. The molecule has 1 aliphatic heterocycles. The number of amides is 1. The molecule has 5 aromatic rings. The number of hydrogen-bond acceptors (Lipinski definition) is 5. The van der Waals surface area contributed by atoms with Gasteiger partial charge in [0.1, 0.15) is 5.75 Å². The standard InChI is InChI=1S/C34H28ClN3O4/c1-41-29-15-9-7-13-25(29)28-20-27(37-38(28)34(40)32(42-2)22-10-4-3-5-11-22)31-30(21-16-18-23(35)19-17-21)24-12-6-8-14-26(24)36-33(31)39/h3-19,28,32H,20H2,1-2H3,(H,36,39). The summed E-state index contributed by atoms with van der Waals surface area (Å²) in [6.07, 6.45) is -0.601. The minimum atomic E-state index is -0.892. The van der Waals surface area contributed by atoms with E-state index >= 15 is 0 Å². The predicted molar refractivity (Wildman–Crippen MR) is 165 cm³/mol. The van der Waals surface area contributed by atoms with Crippen molar-refractivity contribution in [3.63, 3.8) is 0 Å². The fourth-order valence-electron chi connectivity index (χ4n) is 5.61. The Morgan fingerprint density at radius 1 is 0.905 bits per heavy atom. The zero-order valence-electron chi connectivity index (χ0n) is 23.1. The predicted octanol–water partition coefficient (Wildman–Crippen LogP) is 6.92. The summed E-state index contributed by atoms with van der Waals surface area (Å²) in [6.45, 7) is 0. The zero-order chi connectivity index (χ0) is 29.2. The third-order valence-corrected chi connectivity index (χ3v) is 7.79. The lowest BCUT2D eigenvalue weighted by Crippen LogP contribution is -2.32. The number of para-hydroxylation sites is 2. The Hall–Kier alpha value is -4.72. The maximum absolute atomic E-state index is 14.2. The van der Waals surface area contributed by atoms with Gasteiger partial charge in [-0.1, -0.05) is 90.5 Å². The van der Waals surface area contributed by atoms with Gasteiger partial charge in [-0.2, -0.15) is 5.10 Å². The van der Waals surface area contributed by atoms with Gasteiger partial charge in [0.05, 0.1) is 24.4 Å². The Bertz CT molecular complexity index is 1850. The lowest BCUT2D eigenvalue weighted by Gasteiger charge is -2.27. The quantitative estimate of drug-likeness (QED) is 0.227. The van der Waals surface area contributed by atoms with Crippen LogP contribution in [0.5, 0.6) is 5.75 Å². The largest absolute Gasteiger partial charge is 0.496 e. The maximum atomic E-state index is 14.2. The first-order valence-electron chi connectivity index (χ1n) is 13.5. The molecule has 6 rings (SSSR count). The number of carbonyl (C=O) groups is 1. The molecule has 2 atom stereocenters. The van der Waals surface area contributed by atoms with Crippen molar-refractivity contribution in [2.24, 2.45) is 5.10 Å². The molecule has 2 heterocycles. The average Bonchev–Trinajstić information content (AvgIpc) is 3.46. The van der Waals surface area contributed by atoms with Crippen molar-refractivity contribution >= 4 is 34.1 Å². The summed E-state index contributed by atoms with van der Waals surface area (Å²) >= 11 is 6.22. The van der Waals surface area contributed by atoms with Crippen molar-refractivity contribution in [2.45, 2.75) is 18.6 Å². The van der Waals surface area contributed by atoms with E-state index in [9.17, 15) is 9.59 Å². The normalized spacial score (nSPS) is 15.5. The molecule has 1 aromatic heterocycles. The van der Waals surface area contributed by atoms with E-state index in [-0.39, 0.29) is 11.5 Å². The van der Waals surface area contributed by atoms with E-state index < -0.39 is 12.1 Å². The summed E-state index contributed by atoms with van der Waals surface area (Å²) in [5, 5.41) is 7.76. The number of aromatic amines is 1. The van der Waals surface area contributed by atoms with E-state index in [0.29, 0.717) is 39.5 Å². The molecule has 1 aliphatic rings. The maximum Gasteiger partial charge on any atom is 0.276 e. The number of halogens is 1. The van der Waals surface area contributed by atoms with Crippen molar-refractivity contribution in [1.82, 2.24) is 9.99 Å². The van der Waals surface area contributed by atoms with Crippen LogP contribution < -0.4 is 10.3 Å². The Labute approximate surface area is 248 Å². The number of hydrazone groups is 1. The van der Waals surface area contributed by atoms with Crippen LogP contribution in [-0.4, -0.2) is 35.8 Å². The van der Waals surface area contributed by atoms with Gasteiger partial charge in [0.15, 0.2) is 6.10 Å². The Morgan fingerprint density at radius 3 is 2.33 bits per heavy atom. The van der Waals surface area contributed by atoms with Crippen LogP contribution in [0.25, 0.3) is 22.0 Å². The topological polar surface area (TPSA) is 84.0 Å². The highest BCUT2D eigenvalue weighted by atomic mass is 35.5. The number of ether oxygens (including phenoxy) is 2. The number of fused-ring (bicyclic) bond motifs is 1. The molecule has 0 fully saturated rings. The fourth-order valence-corrected chi connectivity index (χ4v) is 5.74. The van der Waals surface area contributed by atoms with Crippen LogP contribution in [0.4, 0.5) is 0 Å². The van der Waals surface area contributed by atoms with Gasteiger partial charge < -0.3 is 14.5 Å². The number of methoxy groups -OCH3 is 2. The second-order valence-electron chi connectivity index (χ2n) is 9.97. The van der Waals surface area contributed by atoms with Gasteiger partial charge in [0.25, 0.3) is 11.5 Å². The van der Waals surface area contributed by atoms with Crippen LogP contribution in [0, 0.1) is 0 Å². The summed E-state index contributed by atoms with van der Waals surface area (Å²) < 4.78 is 11.4. The van der Waals surface area contributed by atoms with Gasteiger partial charge in [-0.05, 0) is 35.4 Å². The van der Waals surface area contributed by atoms with Gasteiger partial charge in [0, 0.05) is 40.6 Å². The van der Waals surface area contributed by atoms with Crippen LogP contribution in [0.3, 0.4) is 0 Å². The minimum absolute atomic E-state index is 0.291. The number of nitrogens with zero attached hydrogens (tertiary/aromatic N) is 2. The molecule has 2 unspecified atom stereocenters. The molecule has 0 radical (unpaired) electrons. The average molecular weight is 578 g/mol. The third-order valence-electron chi connectivity index (χ3n) is 7.54. The monoisotopic (exact) mass is 577 g/mol. The van der Waals surface area contributed by atoms with E-state index in [0.717, 1.165) is 22.1 Å². The first kappa shape index (κ1) is 27.4. The lowest BCUT2D eigenvalue weighted by atomic mass is 9.90. The number of pyridine rings is 1. The summed E-state index contributed by atoms with van der Waals surface area (Å²) in [7, 11) is 3.09. The summed E-state index contributed by atoms with van der Waals surface area (Å²) in [6, 6.07) is 31.3. The van der Waals surface area contributed by atoms with Crippen molar-refractivity contribution in [1.29, 1.82) is 0 Å². The van der Waals surface area contributed by atoms with E-state index in [1.165, 1.54) is 12.1 Å². The van der Waals surface area contributed by atoms with Crippen molar-refractivity contribution in [3.05, 3.63) is 135 Å². The third kappa shape index (κ3) is 4.98. The van der Waals surface area contributed by atoms with Gasteiger partial charge in [0.2, 0.25) is 0 Å². The highest BCUT2D eigenvalue weighted by Crippen LogP contribution is 2.41. The van der Waals surface area contributed by atoms with E-state index in [4.69, 9.17) is 26.2 Å². The summed E-state index contributed by atoms with van der Waals surface area (Å²) in [5.74, 6) is 0.274. The van der Waals surface area contributed by atoms with Gasteiger partial charge in [-0.3, -0.25) is 9.59 Å². The first-order chi connectivity index (χ1) is 20.5. The van der Waals surface area contributed by atoms with E-state index in [1.54, 1.807) is 19.2 Å². The number of carbonyl (C=O) groups excluding carboxylic acids is 1. The fraction of sp³-hybridized carbons (Fsp3) is 0.147. The molecule has 1 amide bonds. The van der Waals surface area contributed by atoms with Gasteiger partial charge in [-0.15, -0.1) is 0 Å². The van der Waals surface area contributed by atoms with Crippen LogP contribution in [-0.2, 0) is 9.53 Å². The van der Waals surface area contributed by atoms with Gasteiger partial charge >= 0.3 is 0 Å². The molecular formula is C34H28ClN3O4. The van der Waals surface area contributed by atoms with Crippen molar-refractivity contribution in [2.75, 3.05) is 14.2 Å². The van der Waals surface area contributed by atoms with Crippen molar-refractivity contribution < 1.29 is 14.3 Å². The van der Waals surface area contributed by atoms with Crippen LogP contribution in [0.15, 0.2) is 113 Å². The molecule has 1 N–H and O–H groups in total. The molecule has 0 aliphatic carbocycles. The minimum Gasteiger partial charge on any atom is -0.496 e. The Morgan fingerprint density at radius 2 is 1.60 bits per heavy atom. The highest BCUT2D eigenvalue weighted by Gasteiger charge is 2.39. The highest BCUT2D eigenvalue weighted by molar-refractivity contribution is 6.30. The number of nitrogens with one attached hydrogen (secondary N) is 1. The lowest BCUT2D eigenvalue weighted by molar-refractivity contribution is -0.144. The number of aromatic nitrogens is 1. The summed E-state index contributed by atoms with van der Waals surface area (Å²) in [4.78, 5) is 31.0. The summed E-state index contributed by atoms with van der Waals surface area (Å²) in [5.41, 5.74) is 4.32. The molecule has 0 bridgehead atoms. The second kappa shape index (κ2) is 11.6. The molecule has 0 saturated heterocycles. The smallest absolute Gasteiger partial charge is 0.276 e.